The first-order valence-electron chi connectivity index (χ1n) is 3.50. The van der Waals surface area contributed by atoms with E-state index in [1.165, 1.54) is 0 Å². The summed E-state index contributed by atoms with van der Waals surface area (Å²) in [6, 6.07) is 9.19. The Labute approximate surface area is 114 Å². The van der Waals surface area contributed by atoms with E-state index in [1.807, 2.05) is 25.1 Å². The van der Waals surface area contributed by atoms with E-state index in [2.05, 4.69) is 0 Å². The van der Waals surface area contributed by atoms with Crippen LogP contribution in [0, 0.1) is 49.4 Å². The second-order valence-corrected chi connectivity index (χ2v) is 3.53. The molecule has 1 rings (SSSR count). The molecule has 0 amide bonds. The molecule has 0 aromatic heterocycles. The molecular formula is C8H10EuO2P+. The third kappa shape index (κ3) is 4.66. The summed E-state index contributed by atoms with van der Waals surface area (Å²) >= 11 is 0. The summed E-state index contributed by atoms with van der Waals surface area (Å²) in [6.07, 6.45) is 0.560. The maximum absolute atomic E-state index is 10.9. The zero-order chi connectivity index (χ0) is 8.10. The zero-order valence-corrected chi connectivity index (χ0v) is 10.1. The Morgan fingerprint density at radius 1 is 1.33 bits per heavy atom. The van der Waals surface area contributed by atoms with E-state index in [-0.39, 0.29) is 49.4 Å². The van der Waals surface area contributed by atoms with Crippen molar-refractivity contribution in [3.8, 4) is 5.75 Å². The predicted octanol–water partition coefficient (Wildman–Crippen LogP) is 2.83. The molecule has 0 saturated heterocycles. The van der Waals surface area contributed by atoms with E-state index in [9.17, 15) is 4.57 Å². The summed E-state index contributed by atoms with van der Waals surface area (Å²) in [5, 5.41) is 0. The molecule has 0 fully saturated rings. The van der Waals surface area contributed by atoms with Gasteiger partial charge in [-0.05, 0) is 23.6 Å². The summed E-state index contributed by atoms with van der Waals surface area (Å²) in [7, 11) is -1.50. The smallest absolute Gasteiger partial charge is 0.254 e. The van der Waals surface area contributed by atoms with Crippen LogP contribution in [0.4, 0.5) is 0 Å². The maximum atomic E-state index is 10.9. The van der Waals surface area contributed by atoms with Crippen molar-refractivity contribution in [1.82, 2.24) is 0 Å². The van der Waals surface area contributed by atoms with Crippen molar-refractivity contribution in [1.29, 1.82) is 0 Å². The summed E-state index contributed by atoms with van der Waals surface area (Å²) in [5.41, 5.74) is 0. The van der Waals surface area contributed by atoms with Crippen molar-refractivity contribution in [3.63, 3.8) is 0 Å². The Bertz CT molecular complexity index is 238. The van der Waals surface area contributed by atoms with E-state index in [0.717, 1.165) is 0 Å². The first kappa shape index (κ1) is 12.7. The first-order valence-corrected chi connectivity index (χ1v) is 4.87. The molecular weight excluding hydrogens is 311 g/mol. The fourth-order valence-electron chi connectivity index (χ4n) is 0.663. The van der Waals surface area contributed by atoms with Crippen LogP contribution in [-0.4, -0.2) is 6.16 Å². The molecule has 12 heavy (non-hydrogen) atoms. The van der Waals surface area contributed by atoms with Gasteiger partial charge in [0.1, 0.15) is 0 Å². The second kappa shape index (κ2) is 7.14. The molecule has 1 unspecified atom stereocenters. The SMILES string of the molecule is CC[P+](=O)Oc1ccccc1.[Eu]. The van der Waals surface area contributed by atoms with Crippen molar-refractivity contribution in [2.75, 3.05) is 6.16 Å². The van der Waals surface area contributed by atoms with Crippen LogP contribution in [-0.2, 0) is 4.57 Å². The van der Waals surface area contributed by atoms with E-state index in [0.29, 0.717) is 11.9 Å². The van der Waals surface area contributed by atoms with Crippen LogP contribution in [0.2, 0.25) is 0 Å². The Balaban J connectivity index is 0.00000121. The fraction of sp³-hybridized carbons (Fsp3) is 0.250. The Kier molecular flexibility index (Phi) is 7.56. The summed E-state index contributed by atoms with van der Waals surface area (Å²) in [6.45, 7) is 1.83. The number of para-hydroxylation sites is 1. The Morgan fingerprint density at radius 3 is 2.42 bits per heavy atom. The Morgan fingerprint density at radius 2 is 1.92 bits per heavy atom. The van der Waals surface area contributed by atoms with Gasteiger partial charge in [0.2, 0.25) is 0 Å². The second-order valence-electron chi connectivity index (χ2n) is 2.05. The normalized spacial score (nSPS) is 9.92. The van der Waals surface area contributed by atoms with Gasteiger partial charge in [-0.3, -0.25) is 4.52 Å². The van der Waals surface area contributed by atoms with E-state index in [4.69, 9.17) is 4.52 Å². The van der Waals surface area contributed by atoms with E-state index >= 15 is 0 Å². The molecule has 0 spiro atoms. The molecule has 0 N–H and O–H groups in total. The van der Waals surface area contributed by atoms with Crippen LogP contribution in [0.1, 0.15) is 6.92 Å². The van der Waals surface area contributed by atoms with Crippen LogP contribution in [0.3, 0.4) is 0 Å². The summed E-state index contributed by atoms with van der Waals surface area (Å²) < 4.78 is 16.0. The molecule has 0 aliphatic carbocycles. The van der Waals surface area contributed by atoms with Crippen LogP contribution in [0.25, 0.3) is 0 Å². The van der Waals surface area contributed by atoms with Gasteiger partial charge < -0.3 is 0 Å². The minimum Gasteiger partial charge on any atom is -0.254 e. The average molecular weight is 321 g/mol. The van der Waals surface area contributed by atoms with Gasteiger partial charge in [-0.25, -0.2) is 0 Å². The van der Waals surface area contributed by atoms with Gasteiger partial charge in [0.25, 0.3) is 0 Å². The predicted molar refractivity (Wildman–Crippen MR) is 45.2 cm³/mol. The van der Waals surface area contributed by atoms with Crippen LogP contribution < -0.4 is 4.52 Å². The molecule has 0 aliphatic rings. The van der Waals surface area contributed by atoms with Crippen molar-refractivity contribution in [2.45, 2.75) is 6.92 Å². The third-order valence-electron chi connectivity index (χ3n) is 1.21. The molecule has 0 bridgehead atoms. The molecule has 0 aliphatic heterocycles. The van der Waals surface area contributed by atoms with Gasteiger partial charge in [0.15, 0.2) is 11.9 Å². The quantitative estimate of drug-likeness (QED) is 0.800. The topological polar surface area (TPSA) is 26.3 Å². The van der Waals surface area contributed by atoms with Crippen molar-refractivity contribution in [3.05, 3.63) is 30.3 Å². The Hall–Kier alpha value is 0.704. The molecule has 0 saturated carbocycles. The molecule has 1 aromatic carbocycles. The molecule has 1 radical (unpaired) electrons. The minimum absolute atomic E-state index is 0. The first-order chi connectivity index (χ1) is 5.33. The summed E-state index contributed by atoms with van der Waals surface area (Å²) in [4.78, 5) is 0. The van der Waals surface area contributed by atoms with Gasteiger partial charge in [-0.1, -0.05) is 18.2 Å². The number of rotatable bonds is 3. The van der Waals surface area contributed by atoms with Gasteiger partial charge in [-0.2, -0.15) is 0 Å². The van der Waals surface area contributed by atoms with Gasteiger partial charge in [0.05, 0.1) is 0 Å². The third-order valence-corrected chi connectivity index (χ3v) is 2.14. The van der Waals surface area contributed by atoms with Crippen LogP contribution >= 0.6 is 8.03 Å². The fourth-order valence-corrected chi connectivity index (χ4v) is 1.15. The van der Waals surface area contributed by atoms with E-state index < -0.39 is 8.03 Å². The molecule has 2 nitrogen and oxygen atoms in total. The number of hydrogen-bond donors (Lipinski definition) is 0. The largest absolute Gasteiger partial charge is 0.555 e. The molecule has 0 heterocycles. The molecule has 4 heteroatoms. The average Bonchev–Trinajstić information content (AvgIpc) is 2.06. The molecule has 1 atom stereocenters. The van der Waals surface area contributed by atoms with Gasteiger partial charge in [-0.15, -0.1) is 0 Å². The van der Waals surface area contributed by atoms with Gasteiger partial charge >= 0.3 is 8.03 Å². The monoisotopic (exact) mass is 322 g/mol. The maximum Gasteiger partial charge on any atom is 0.555 e. The minimum atomic E-state index is -1.50. The number of benzene rings is 1. The van der Waals surface area contributed by atoms with E-state index in [1.54, 1.807) is 12.1 Å². The van der Waals surface area contributed by atoms with Gasteiger partial charge in [0, 0.05) is 49.4 Å². The van der Waals surface area contributed by atoms with Crippen molar-refractivity contribution in [2.24, 2.45) is 0 Å². The zero-order valence-electron chi connectivity index (χ0n) is 6.74. The van der Waals surface area contributed by atoms with Crippen molar-refractivity contribution >= 4 is 8.03 Å². The van der Waals surface area contributed by atoms with Crippen molar-refractivity contribution < 1.29 is 58.5 Å². The standard InChI is InChI=1S/C8H10O2P.Eu/c1-2-11(9)10-8-6-4-3-5-7-8;/h3-7H,2H2,1H3;/q+1;. The summed E-state index contributed by atoms with van der Waals surface area (Å²) in [5.74, 6) is 0.676. The van der Waals surface area contributed by atoms with Crippen LogP contribution in [0.5, 0.6) is 5.75 Å². The van der Waals surface area contributed by atoms with Crippen LogP contribution in [0.15, 0.2) is 30.3 Å². The number of hydrogen-bond acceptors (Lipinski definition) is 2. The molecule has 1 aromatic rings. The molecule has 65 valence electrons.